The molecule has 0 spiro atoms. The number of aryl methyl sites for hydroxylation is 1. The van der Waals surface area contributed by atoms with Crippen molar-refractivity contribution in [2.24, 2.45) is 0 Å². The van der Waals surface area contributed by atoms with Crippen molar-refractivity contribution < 1.29 is 14.7 Å². The lowest BCUT2D eigenvalue weighted by Crippen LogP contribution is -2.26. The molecule has 1 aliphatic carbocycles. The van der Waals surface area contributed by atoms with Crippen LogP contribution < -0.4 is 5.32 Å². The fraction of sp³-hybridized carbons (Fsp3) is 0.265. The first-order chi connectivity index (χ1) is 19.9. The molecule has 2 heterocycles. The fourth-order valence-electron chi connectivity index (χ4n) is 5.77. The van der Waals surface area contributed by atoms with E-state index in [0.29, 0.717) is 10.6 Å². The van der Waals surface area contributed by atoms with Gasteiger partial charge in [-0.2, -0.15) is 0 Å². The van der Waals surface area contributed by atoms with E-state index in [2.05, 4.69) is 47.6 Å². The summed E-state index contributed by atoms with van der Waals surface area (Å²) in [6, 6.07) is 24.2. The van der Waals surface area contributed by atoms with Crippen molar-refractivity contribution in [1.29, 1.82) is 0 Å². The second kappa shape index (κ2) is 13.0. The Balaban J connectivity index is 1.51. The molecule has 2 aromatic heterocycles. The average Bonchev–Trinajstić information content (AvgIpc) is 3.53. The predicted octanol–water partition coefficient (Wildman–Crippen LogP) is 7.63. The third-order valence-corrected chi connectivity index (χ3v) is 7.95. The van der Waals surface area contributed by atoms with Gasteiger partial charge in [0.05, 0.1) is 17.8 Å². The minimum Gasteiger partial charge on any atom is -0.481 e. The SMILES string of the molecule is CCC[C@H](c1ccc(C(=O)NCCC(=O)O)cc1)C(C1=CCCc2nc(-c3ccc[nH]3)ccc21)c1ccc(Cl)cc1. The number of H-pyrrole nitrogens is 1. The number of carboxylic acids is 1. The van der Waals surface area contributed by atoms with Gasteiger partial charge in [-0.05, 0) is 89.9 Å². The molecule has 5 rings (SSSR count). The number of hydrogen-bond donors (Lipinski definition) is 3. The van der Waals surface area contributed by atoms with Crippen molar-refractivity contribution in [3.63, 3.8) is 0 Å². The van der Waals surface area contributed by atoms with Crippen LogP contribution >= 0.6 is 11.6 Å². The largest absolute Gasteiger partial charge is 0.481 e. The minimum atomic E-state index is -0.939. The molecule has 2 aromatic carbocycles. The van der Waals surface area contributed by atoms with Crippen LogP contribution in [-0.4, -0.2) is 33.5 Å². The molecule has 41 heavy (non-hydrogen) atoms. The molecule has 3 N–H and O–H groups in total. The summed E-state index contributed by atoms with van der Waals surface area (Å²) in [7, 11) is 0. The molecule has 7 heteroatoms. The zero-order chi connectivity index (χ0) is 28.8. The van der Waals surface area contributed by atoms with Crippen LogP contribution in [0.4, 0.5) is 0 Å². The van der Waals surface area contributed by atoms with E-state index >= 15 is 0 Å². The van der Waals surface area contributed by atoms with Gasteiger partial charge in [0.25, 0.3) is 5.91 Å². The van der Waals surface area contributed by atoms with E-state index in [1.165, 1.54) is 16.7 Å². The highest BCUT2D eigenvalue weighted by atomic mass is 35.5. The van der Waals surface area contributed by atoms with Crippen molar-refractivity contribution in [2.45, 2.75) is 50.9 Å². The van der Waals surface area contributed by atoms with Crippen LogP contribution in [0.3, 0.4) is 0 Å². The first-order valence-corrected chi connectivity index (χ1v) is 14.5. The highest BCUT2D eigenvalue weighted by Crippen LogP contribution is 2.47. The van der Waals surface area contributed by atoms with Gasteiger partial charge in [0.2, 0.25) is 0 Å². The summed E-state index contributed by atoms with van der Waals surface area (Å²) < 4.78 is 0. The van der Waals surface area contributed by atoms with Gasteiger partial charge in [0.1, 0.15) is 0 Å². The van der Waals surface area contributed by atoms with Crippen LogP contribution in [0.5, 0.6) is 0 Å². The third-order valence-electron chi connectivity index (χ3n) is 7.70. The van der Waals surface area contributed by atoms with Crippen LogP contribution in [0.2, 0.25) is 5.02 Å². The molecule has 6 nitrogen and oxygen atoms in total. The highest BCUT2D eigenvalue weighted by molar-refractivity contribution is 6.30. The van der Waals surface area contributed by atoms with E-state index in [9.17, 15) is 9.59 Å². The Bertz CT molecular complexity index is 1530. The van der Waals surface area contributed by atoms with Crippen LogP contribution in [0.1, 0.15) is 77.2 Å². The number of allylic oxidation sites excluding steroid dienone is 2. The van der Waals surface area contributed by atoms with Crippen LogP contribution in [0.25, 0.3) is 17.0 Å². The number of aromatic amines is 1. The number of benzene rings is 2. The first-order valence-electron chi connectivity index (χ1n) is 14.1. The number of aliphatic carboxylic acids is 1. The third kappa shape index (κ3) is 6.60. The molecule has 2 atom stereocenters. The zero-order valence-electron chi connectivity index (χ0n) is 23.1. The molecular formula is C34H34ClN3O3. The van der Waals surface area contributed by atoms with E-state index in [-0.39, 0.29) is 30.7 Å². The number of pyridine rings is 1. The molecule has 0 saturated heterocycles. The molecule has 4 aromatic rings. The minimum absolute atomic E-state index is 0.0691. The number of carbonyl (C=O) groups is 2. The standard InChI is InChI=1S/C34H34ClN3O3/c1-2-5-26(22-9-11-24(12-10-22)34(41)37-21-19-32(39)40)33(23-13-15-25(35)16-14-23)28-6-3-7-29-27(28)17-18-31(38-29)30-8-4-20-36-30/h4,6,8-18,20,26,33,36H,2-3,5,7,19,21H2,1H3,(H,37,41)(H,39,40)/t26-,33?/m1/s1. The van der Waals surface area contributed by atoms with Crippen molar-refractivity contribution in [2.75, 3.05) is 6.54 Å². The van der Waals surface area contributed by atoms with Crippen LogP contribution in [0, 0.1) is 0 Å². The summed E-state index contributed by atoms with van der Waals surface area (Å²) in [6.45, 7) is 2.30. The zero-order valence-corrected chi connectivity index (χ0v) is 23.8. The maximum Gasteiger partial charge on any atom is 0.305 e. The lowest BCUT2D eigenvalue weighted by molar-refractivity contribution is -0.136. The second-order valence-electron chi connectivity index (χ2n) is 10.4. The number of amides is 1. The molecule has 1 aliphatic rings. The van der Waals surface area contributed by atoms with Crippen molar-refractivity contribution in [3.8, 4) is 11.4 Å². The normalized spacial score (nSPS) is 14.0. The van der Waals surface area contributed by atoms with Gasteiger partial charge in [0, 0.05) is 34.9 Å². The second-order valence-corrected chi connectivity index (χ2v) is 10.9. The number of hydrogen-bond acceptors (Lipinski definition) is 3. The summed E-state index contributed by atoms with van der Waals surface area (Å²) in [5.74, 6) is -0.984. The van der Waals surface area contributed by atoms with E-state index < -0.39 is 5.97 Å². The number of nitrogens with one attached hydrogen (secondary N) is 2. The number of fused-ring (bicyclic) bond motifs is 1. The van der Waals surface area contributed by atoms with E-state index in [4.69, 9.17) is 21.7 Å². The summed E-state index contributed by atoms with van der Waals surface area (Å²) in [5, 5.41) is 12.2. The Labute approximate surface area is 245 Å². The smallest absolute Gasteiger partial charge is 0.305 e. The monoisotopic (exact) mass is 567 g/mol. The van der Waals surface area contributed by atoms with Gasteiger partial charge in [-0.3, -0.25) is 14.6 Å². The molecular weight excluding hydrogens is 534 g/mol. The van der Waals surface area contributed by atoms with Crippen LogP contribution in [0.15, 0.2) is 85.1 Å². The molecule has 0 saturated carbocycles. The van der Waals surface area contributed by atoms with Gasteiger partial charge < -0.3 is 15.4 Å². The fourth-order valence-corrected chi connectivity index (χ4v) is 5.89. The van der Waals surface area contributed by atoms with Gasteiger partial charge in [-0.25, -0.2) is 0 Å². The Morgan fingerprint density at radius 3 is 2.46 bits per heavy atom. The molecule has 0 radical (unpaired) electrons. The number of halogens is 1. The maximum absolute atomic E-state index is 12.6. The van der Waals surface area contributed by atoms with Crippen LogP contribution in [-0.2, 0) is 11.2 Å². The number of aromatic nitrogens is 2. The summed E-state index contributed by atoms with van der Waals surface area (Å²) >= 11 is 6.31. The molecule has 1 unspecified atom stereocenters. The van der Waals surface area contributed by atoms with E-state index in [1.807, 2.05) is 54.7 Å². The Kier molecular flexibility index (Phi) is 9.00. The maximum atomic E-state index is 12.6. The number of carbonyl (C=O) groups excluding carboxylic acids is 1. The molecule has 0 fully saturated rings. The summed E-state index contributed by atoms with van der Waals surface area (Å²) in [6.07, 6.45) is 7.94. The number of nitrogens with zero attached hydrogens (tertiary/aromatic N) is 1. The Morgan fingerprint density at radius 2 is 1.78 bits per heavy atom. The number of rotatable bonds is 11. The molecule has 0 bridgehead atoms. The van der Waals surface area contributed by atoms with Crippen molar-refractivity contribution >= 4 is 29.1 Å². The predicted molar refractivity (Wildman–Crippen MR) is 163 cm³/mol. The highest BCUT2D eigenvalue weighted by Gasteiger charge is 2.31. The molecule has 0 aliphatic heterocycles. The lowest BCUT2D eigenvalue weighted by Gasteiger charge is -2.33. The van der Waals surface area contributed by atoms with Gasteiger partial charge in [-0.15, -0.1) is 0 Å². The quantitative estimate of drug-likeness (QED) is 0.174. The summed E-state index contributed by atoms with van der Waals surface area (Å²) in [4.78, 5) is 31.7. The van der Waals surface area contributed by atoms with E-state index in [1.54, 1.807) is 0 Å². The van der Waals surface area contributed by atoms with Crippen molar-refractivity contribution in [3.05, 3.63) is 118 Å². The first kappa shape index (κ1) is 28.4. The Hall–Kier alpha value is -4.16. The number of carboxylic acid groups (broad SMARTS) is 1. The van der Waals surface area contributed by atoms with Crippen molar-refractivity contribution in [1.82, 2.24) is 15.3 Å². The van der Waals surface area contributed by atoms with Gasteiger partial charge in [-0.1, -0.05) is 61.4 Å². The van der Waals surface area contributed by atoms with E-state index in [0.717, 1.165) is 48.3 Å². The van der Waals surface area contributed by atoms with Gasteiger partial charge >= 0.3 is 5.97 Å². The lowest BCUT2D eigenvalue weighted by atomic mass is 9.71. The topological polar surface area (TPSA) is 95.1 Å². The summed E-state index contributed by atoms with van der Waals surface area (Å²) in [5.41, 5.74) is 8.37. The molecule has 1 amide bonds. The average molecular weight is 568 g/mol. The molecule has 210 valence electrons. The van der Waals surface area contributed by atoms with Gasteiger partial charge in [0.15, 0.2) is 0 Å². The Morgan fingerprint density at radius 1 is 1.02 bits per heavy atom.